The second-order valence-electron chi connectivity index (χ2n) is 8.54. The zero-order valence-electron chi connectivity index (χ0n) is 19.4. The molecule has 0 aliphatic heterocycles. The Bertz CT molecular complexity index is 2010. The number of nitro benzene ring substituents is 1. The third kappa shape index (κ3) is 4.02. The minimum Gasteiger partial charge on any atom is -0.508 e. The van der Waals surface area contributed by atoms with Crippen LogP contribution < -0.4 is 11.1 Å². The molecule has 6 rings (SSSR count). The fraction of sp³-hybridized carbons (Fsp3) is 0.0357. The molecule has 3 heterocycles. The van der Waals surface area contributed by atoms with Crippen LogP contribution in [0.1, 0.15) is 11.1 Å². The van der Waals surface area contributed by atoms with Crippen LogP contribution in [0.4, 0.5) is 5.69 Å². The van der Waals surface area contributed by atoms with Gasteiger partial charge in [-0.25, -0.2) is 9.78 Å². The highest BCUT2D eigenvalue weighted by molar-refractivity contribution is 7.13. The van der Waals surface area contributed by atoms with Crippen LogP contribution in [0.3, 0.4) is 0 Å². The monoisotopic (exact) mass is 524 g/mol. The fourth-order valence-corrected chi connectivity index (χ4v) is 5.12. The lowest BCUT2D eigenvalue weighted by Gasteiger charge is -2.09. The van der Waals surface area contributed by atoms with E-state index in [0.717, 1.165) is 0 Å². The average molecular weight is 525 g/mol. The van der Waals surface area contributed by atoms with E-state index in [9.17, 15) is 24.8 Å². The lowest BCUT2D eigenvalue weighted by molar-refractivity contribution is -0.384. The molecule has 0 atom stereocenters. The van der Waals surface area contributed by atoms with Crippen molar-refractivity contribution in [2.45, 2.75) is 6.42 Å². The zero-order valence-corrected chi connectivity index (χ0v) is 20.2. The van der Waals surface area contributed by atoms with Crippen LogP contribution in [-0.4, -0.2) is 15.0 Å². The number of rotatable bonds is 5. The van der Waals surface area contributed by atoms with Crippen molar-refractivity contribution in [3.63, 3.8) is 0 Å². The summed E-state index contributed by atoms with van der Waals surface area (Å²) in [5, 5.41) is 24.7. The average Bonchev–Trinajstić information content (AvgIpc) is 3.42. The SMILES string of the molecule is O=c1oc2c(Cc3coc4ccccc4c3=O)c(O)ccc2cc1-c1nc(-c2cccc([N+](=O)[O-])c2)cs1. The van der Waals surface area contributed by atoms with Crippen molar-refractivity contribution in [1.29, 1.82) is 0 Å². The van der Waals surface area contributed by atoms with E-state index in [4.69, 9.17) is 8.83 Å². The Morgan fingerprint density at radius 3 is 2.71 bits per heavy atom. The normalized spacial score (nSPS) is 11.3. The van der Waals surface area contributed by atoms with Gasteiger partial charge in [0.15, 0.2) is 5.43 Å². The summed E-state index contributed by atoms with van der Waals surface area (Å²) in [4.78, 5) is 41.1. The van der Waals surface area contributed by atoms with E-state index in [1.54, 1.807) is 53.9 Å². The van der Waals surface area contributed by atoms with E-state index in [2.05, 4.69) is 4.98 Å². The summed E-state index contributed by atoms with van der Waals surface area (Å²) >= 11 is 1.20. The highest BCUT2D eigenvalue weighted by Crippen LogP contribution is 2.33. The van der Waals surface area contributed by atoms with Gasteiger partial charge >= 0.3 is 5.63 Å². The molecule has 0 aliphatic rings. The standard InChI is InChI=1S/C28H16N2O7S/c31-23-9-8-16-11-21(27-29-22(14-38-27)15-4-3-5-18(10-15)30(34)35)28(33)37-26(16)20(23)12-17-13-36-24-7-2-1-6-19(24)25(17)32/h1-11,13-14,31H,12H2. The Labute approximate surface area is 217 Å². The molecule has 0 spiro atoms. The zero-order chi connectivity index (χ0) is 26.4. The molecule has 38 heavy (non-hydrogen) atoms. The minimum absolute atomic E-state index is 0.00713. The number of aromatic hydroxyl groups is 1. The van der Waals surface area contributed by atoms with Crippen molar-refractivity contribution < 1.29 is 18.9 Å². The summed E-state index contributed by atoms with van der Waals surface area (Å²) in [7, 11) is 0. The number of fused-ring (bicyclic) bond motifs is 2. The van der Waals surface area contributed by atoms with E-state index >= 15 is 0 Å². The number of non-ortho nitro benzene ring substituents is 1. The molecular formula is C28H16N2O7S. The van der Waals surface area contributed by atoms with Gasteiger partial charge in [-0.1, -0.05) is 24.3 Å². The summed E-state index contributed by atoms with van der Waals surface area (Å²) in [5.41, 5.74) is 1.47. The third-order valence-corrected chi connectivity index (χ3v) is 7.06. The van der Waals surface area contributed by atoms with Gasteiger partial charge in [0.2, 0.25) is 0 Å². The van der Waals surface area contributed by atoms with Gasteiger partial charge in [0.05, 0.1) is 27.8 Å². The van der Waals surface area contributed by atoms with Gasteiger partial charge in [-0.05, 0) is 30.3 Å². The summed E-state index contributed by atoms with van der Waals surface area (Å²) in [6.07, 6.45) is 1.34. The lowest BCUT2D eigenvalue weighted by Crippen LogP contribution is -2.10. The number of thiazole rings is 1. The first-order chi connectivity index (χ1) is 18.4. The molecule has 3 aromatic carbocycles. The Kier molecular flexibility index (Phi) is 5.58. The van der Waals surface area contributed by atoms with Crippen LogP contribution in [-0.2, 0) is 6.42 Å². The predicted octanol–water partition coefficient (Wildman–Crippen LogP) is 5.89. The number of nitrogens with zero attached hydrogens (tertiary/aromatic N) is 2. The molecule has 1 N–H and O–H groups in total. The summed E-state index contributed by atoms with van der Waals surface area (Å²) in [6.45, 7) is 0. The van der Waals surface area contributed by atoms with E-state index in [0.29, 0.717) is 38.2 Å². The fourth-order valence-electron chi connectivity index (χ4n) is 4.29. The third-order valence-electron chi connectivity index (χ3n) is 6.19. The second-order valence-corrected chi connectivity index (χ2v) is 9.40. The van der Waals surface area contributed by atoms with Crippen molar-refractivity contribution in [3.8, 4) is 27.6 Å². The molecule has 186 valence electrons. The number of aromatic nitrogens is 1. The molecular weight excluding hydrogens is 508 g/mol. The van der Waals surface area contributed by atoms with E-state index in [1.807, 2.05) is 0 Å². The minimum atomic E-state index is -0.671. The molecule has 0 unspecified atom stereocenters. The van der Waals surface area contributed by atoms with Crippen molar-refractivity contribution in [1.82, 2.24) is 4.98 Å². The van der Waals surface area contributed by atoms with E-state index in [-0.39, 0.29) is 40.0 Å². The molecule has 10 heteroatoms. The lowest BCUT2D eigenvalue weighted by atomic mass is 10.0. The maximum absolute atomic E-state index is 13.0. The number of benzene rings is 3. The maximum atomic E-state index is 13.0. The number of phenolic OH excluding ortho intramolecular Hbond substituents is 1. The van der Waals surface area contributed by atoms with Gasteiger partial charge in [0.25, 0.3) is 5.69 Å². The van der Waals surface area contributed by atoms with Crippen LogP contribution in [0.2, 0.25) is 0 Å². The first-order valence-corrected chi connectivity index (χ1v) is 12.3. The van der Waals surface area contributed by atoms with E-state index < -0.39 is 10.5 Å². The van der Waals surface area contributed by atoms with Gasteiger partial charge < -0.3 is 13.9 Å². The smallest absolute Gasteiger partial charge is 0.346 e. The summed E-state index contributed by atoms with van der Waals surface area (Å²) in [5.74, 6) is -0.122. The molecule has 0 saturated heterocycles. The van der Waals surface area contributed by atoms with Gasteiger partial charge in [-0.3, -0.25) is 14.9 Å². The molecule has 6 aromatic rings. The first kappa shape index (κ1) is 23.3. The van der Waals surface area contributed by atoms with Crippen molar-refractivity contribution in [2.75, 3.05) is 0 Å². The van der Waals surface area contributed by atoms with Gasteiger partial charge in [-0.2, -0.15) is 0 Å². The summed E-state index contributed by atoms with van der Waals surface area (Å²) in [6, 6.07) is 17.6. The number of hydrogen-bond acceptors (Lipinski definition) is 9. The molecule has 0 amide bonds. The van der Waals surface area contributed by atoms with E-state index in [1.165, 1.54) is 35.8 Å². The molecule has 9 nitrogen and oxygen atoms in total. The highest BCUT2D eigenvalue weighted by Gasteiger charge is 2.19. The predicted molar refractivity (Wildman–Crippen MR) is 143 cm³/mol. The van der Waals surface area contributed by atoms with Crippen LogP contribution in [0.25, 0.3) is 43.8 Å². The number of phenols is 1. The van der Waals surface area contributed by atoms with Crippen molar-refractivity contribution >= 4 is 39.0 Å². The largest absolute Gasteiger partial charge is 0.508 e. The van der Waals surface area contributed by atoms with Gasteiger partial charge in [0, 0.05) is 46.0 Å². The molecule has 0 aliphatic carbocycles. The number of nitro groups is 1. The Balaban J connectivity index is 1.41. The first-order valence-electron chi connectivity index (χ1n) is 11.4. The topological polar surface area (TPSA) is 137 Å². The van der Waals surface area contributed by atoms with Crippen molar-refractivity contribution in [3.05, 3.63) is 120 Å². The summed E-state index contributed by atoms with van der Waals surface area (Å²) < 4.78 is 11.2. The number of hydrogen-bond donors (Lipinski definition) is 1. The molecule has 0 fully saturated rings. The molecule has 3 aromatic heterocycles. The molecule has 0 bridgehead atoms. The van der Waals surface area contributed by atoms with Crippen LogP contribution in [0, 0.1) is 10.1 Å². The van der Waals surface area contributed by atoms with Crippen molar-refractivity contribution in [2.24, 2.45) is 0 Å². The second kappa shape index (κ2) is 9.09. The van der Waals surface area contributed by atoms with Crippen LogP contribution in [0.15, 0.2) is 96.8 Å². The molecule has 0 saturated carbocycles. The van der Waals surface area contributed by atoms with Crippen LogP contribution >= 0.6 is 11.3 Å². The highest BCUT2D eigenvalue weighted by atomic mass is 32.1. The Hall–Kier alpha value is -5.09. The number of para-hydroxylation sites is 1. The molecule has 0 radical (unpaired) electrons. The Morgan fingerprint density at radius 2 is 1.87 bits per heavy atom. The quantitative estimate of drug-likeness (QED) is 0.167. The Morgan fingerprint density at radius 1 is 1.03 bits per heavy atom. The van der Waals surface area contributed by atoms with Gasteiger partial charge in [-0.15, -0.1) is 11.3 Å². The maximum Gasteiger partial charge on any atom is 0.346 e. The van der Waals surface area contributed by atoms with Crippen LogP contribution in [0.5, 0.6) is 5.75 Å². The van der Waals surface area contributed by atoms with Gasteiger partial charge in [0.1, 0.15) is 21.9 Å².